The molecule has 0 atom stereocenters. The Bertz CT molecular complexity index is 660. The highest BCUT2D eigenvalue weighted by Crippen LogP contribution is 2.17. The summed E-state index contributed by atoms with van der Waals surface area (Å²) in [6, 6.07) is 10.2. The number of benzene rings is 2. The van der Waals surface area contributed by atoms with Gasteiger partial charge in [0.05, 0.1) is 6.54 Å². The average molecular weight is 320 g/mol. The van der Waals surface area contributed by atoms with Gasteiger partial charge in [0.2, 0.25) is 0 Å². The number of urea groups is 1. The number of hydrogen-bond acceptors (Lipinski definition) is 2. The van der Waals surface area contributed by atoms with Gasteiger partial charge in [0.1, 0.15) is 12.4 Å². The molecular weight excluding hydrogens is 302 g/mol. The summed E-state index contributed by atoms with van der Waals surface area (Å²) in [5.41, 5.74) is 1.87. The number of amides is 2. The third kappa shape index (κ3) is 5.25. The van der Waals surface area contributed by atoms with Gasteiger partial charge in [-0.1, -0.05) is 19.1 Å². The maximum absolute atomic E-state index is 13.3. The second kappa shape index (κ2) is 8.12. The molecule has 2 rings (SSSR count). The van der Waals surface area contributed by atoms with Crippen LogP contribution >= 0.6 is 0 Å². The number of hydrogen-bond donors (Lipinski definition) is 2. The molecule has 0 saturated carbocycles. The molecule has 0 saturated heterocycles. The first-order valence-electron chi connectivity index (χ1n) is 7.30. The van der Waals surface area contributed by atoms with E-state index in [9.17, 15) is 13.6 Å². The topological polar surface area (TPSA) is 50.4 Å². The SMILES string of the molecule is CCc1ccc(NC(=O)NCCOc2ccc(F)cc2F)cc1. The molecule has 6 heteroatoms. The maximum Gasteiger partial charge on any atom is 0.319 e. The van der Waals surface area contributed by atoms with Crippen molar-refractivity contribution in [3.05, 3.63) is 59.7 Å². The third-order valence-electron chi connectivity index (χ3n) is 3.16. The van der Waals surface area contributed by atoms with Crippen molar-refractivity contribution in [1.29, 1.82) is 0 Å². The highest BCUT2D eigenvalue weighted by atomic mass is 19.1. The number of ether oxygens (including phenoxy) is 1. The third-order valence-corrected chi connectivity index (χ3v) is 3.16. The van der Waals surface area contributed by atoms with E-state index in [2.05, 4.69) is 17.6 Å². The van der Waals surface area contributed by atoms with Crippen LogP contribution in [0.3, 0.4) is 0 Å². The molecule has 4 nitrogen and oxygen atoms in total. The van der Waals surface area contributed by atoms with E-state index in [0.29, 0.717) is 5.69 Å². The van der Waals surface area contributed by atoms with Crippen molar-refractivity contribution in [2.45, 2.75) is 13.3 Å². The monoisotopic (exact) mass is 320 g/mol. The molecule has 0 aliphatic carbocycles. The van der Waals surface area contributed by atoms with Crippen molar-refractivity contribution >= 4 is 11.7 Å². The Morgan fingerprint density at radius 3 is 2.52 bits per heavy atom. The molecule has 2 N–H and O–H groups in total. The summed E-state index contributed by atoms with van der Waals surface area (Å²) >= 11 is 0. The first-order valence-corrected chi connectivity index (χ1v) is 7.30. The number of rotatable bonds is 6. The van der Waals surface area contributed by atoms with Crippen molar-refractivity contribution in [1.82, 2.24) is 5.32 Å². The van der Waals surface area contributed by atoms with E-state index in [-0.39, 0.29) is 24.9 Å². The molecule has 2 aromatic carbocycles. The molecule has 2 amide bonds. The summed E-state index contributed by atoms with van der Waals surface area (Å²) in [5, 5.41) is 5.27. The summed E-state index contributed by atoms with van der Waals surface area (Å²) < 4.78 is 31.2. The number of carbonyl (C=O) groups is 1. The van der Waals surface area contributed by atoms with Crippen LogP contribution in [0, 0.1) is 11.6 Å². The minimum Gasteiger partial charge on any atom is -0.489 e. The van der Waals surface area contributed by atoms with E-state index >= 15 is 0 Å². The summed E-state index contributed by atoms with van der Waals surface area (Å²) in [5.74, 6) is -1.49. The van der Waals surface area contributed by atoms with Gasteiger partial charge in [-0.3, -0.25) is 0 Å². The van der Waals surface area contributed by atoms with E-state index in [1.807, 2.05) is 24.3 Å². The quantitative estimate of drug-likeness (QED) is 0.797. The zero-order valence-corrected chi connectivity index (χ0v) is 12.7. The molecule has 0 bridgehead atoms. The Labute approximate surface area is 133 Å². The van der Waals surface area contributed by atoms with E-state index in [1.165, 1.54) is 11.6 Å². The lowest BCUT2D eigenvalue weighted by atomic mass is 10.1. The van der Waals surface area contributed by atoms with Crippen LogP contribution in [0.1, 0.15) is 12.5 Å². The highest BCUT2D eigenvalue weighted by Gasteiger charge is 2.05. The largest absolute Gasteiger partial charge is 0.489 e. The molecule has 2 aromatic rings. The Hall–Kier alpha value is -2.63. The van der Waals surface area contributed by atoms with Gasteiger partial charge in [-0.2, -0.15) is 0 Å². The van der Waals surface area contributed by atoms with Gasteiger partial charge in [-0.25, -0.2) is 13.6 Å². The van der Waals surface area contributed by atoms with Gasteiger partial charge in [0, 0.05) is 11.8 Å². The van der Waals surface area contributed by atoms with Crippen molar-refractivity contribution in [2.75, 3.05) is 18.5 Å². The summed E-state index contributed by atoms with van der Waals surface area (Å²) in [6.07, 6.45) is 0.934. The predicted molar refractivity (Wildman–Crippen MR) is 84.7 cm³/mol. The fraction of sp³-hybridized carbons (Fsp3) is 0.235. The predicted octanol–water partition coefficient (Wildman–Crippen LogP) is 3.73. The van der Waals surface area contributed by atoms with Crippen molar-refractivity contribution in [3.63, 3.8) is 0 Å². The highest BCUT2D eigenvalue weighted by molar-refractivity contribution is 5.89. The van der Waals surface area contributed by atoms with Crippen LogP contribution in [-0.4, -0.2) is 19.2 Å². The second-order valence-electron chi connectivity index (χ2n) is 4.85. The van der Waals surface area contributed by atoms with Gasteiger partial charge in [0.25, 0.3) is 0 Å². The molecule has 122 valence electrons. The first kappa shape index (κ1) is 16.7. The standard InChI is InChI=1S/C17H18F2N2O2/c1-2-12-3-6-14(7-4-12)21-17(22)20-9-10-23-16-8-5-13(18)11-15(16)19/h3-8,11H,2,9-10H2,1H3,(H2,20,21,22). The van der Waals surface area contributed by atoms with Crippen LogP contribution in [0.5, 0.6) is 5.75 Å². The Balaban J connectivity index is 1.72. The molecule has 0 radical (unpaired) electrons. The minimum atomic E-state index is -0.773. The second-order valence-corrected chi connectivity index (χ2v) is 4.85. The molecule has 0 unspecified atom stereocenters. The zero-order valence-electron chi connectivity index (χ0n) is 12.7. The molecule has 23 heavy (non-hydrogen) atoms. The first-order chi connectivity index (χ1) is 11.1. The molecule has 0 aliphatic heterocycles. The molecular formula is C17H18F2N2O2. The summed E-state index contributed by atoms with van der Waals surface area (Å²) in [4.78, 5) is 11.7. The van der Waals surface area contributed by atoms with Crippen LogP contribution in [0.25, 0.3) is 0 Å². The molecule has 0 fully saturated rings. The number of anilines is 1. The van der Waals surface area contributed by atoms with Crippen LogP contribution in [-0.2, 0) is 6.42 Å². The van der Waals surface area contributed by atoms with Gasteiger partial charge in [0.15, 0.2) is 11.6 Å². The summed E-state index contributed by atoms with van der Waals surface area (Å²) in [6.45, 7) is 2.32. The van der Waals surface area contributed by atoms with Gasteiger partial charge in [-0.15, -0.1) is 0 Å². The Morgan fingerprint density at radius 1 is 1.13 bits per heavy atom. The smallest absolute Gasteiger partial charge is 0.319 e. The molecule has 0 aromatic heterocycles. The molecule has 0 heterocycles. The van der Waals surface area contributed by atoms with E-state index in [1.54, 1.807) is 0 Å². The number of nitrogens with one attached hydrogen (secondary N) is 2. The normalized spacial score (nSPS) is 10.2. The fourth-order valence-electron chi connectivity index (χ4n) is 1.92. The van der Waals surface area contributed by atoms with Crippen LogP contribution in [0.4, 0.5) is 19.3 Å². The minimum absolute atomic E-state index is 0.0521. The van der Waals surface area contributed by atoms with Gasteiger partial charge < -0.3 is 15.4 Å². The Kier molecular flexibility index (Phi) is 5.91. The van der Waals surface area contributed by atoms with Crippen molar-refractivity contribution in [3.8, 4) is 5.75 Å². The van der Waals surface area contributed by atoms with E-state index in [0.717, 1.165) is 18.6 Å². The van der Waals surface area contributed by atoms with E-state index < -0.39 is 11.6 Å². The van der Waals surface area contributed by atoms with E-state index in [4.69, 9.17) is 4.74 Å². The van der Waals surface area contributed by atoms with Gasteiger partial charge >= 0.3 is 6.03 Å². The van der Waals surface area contributed by atoms with Crippen molar-refractivity contribution in [2.24, 2.45) is 0 Å². The van der Waals surface area contributed by atoms with Crippen molar-refractivity contribution < 1.29 is 18.3 Å². The molecule has 0 aliphatic rings. The maximum atomic E-state index is 13.3. The lowest BCUT2D eigenvalue weighted by Crippen LogP contribution is -2.32. The summed E-state index contributed by atoms with van der Waals surface area (Å²) in [7, 11) is 0. The number of carbonyl (C=O) groups excluding carboxylic acids is 1. The fourth-order valence-corrected chi connectivity index (χ4v) is 1.92. The Morgan fingerprint density at radius 2 is 1.87 bits per heavy atom. The number of aryl methyl sites for hydroxylation is 1. The number of halogens is 2. The van der Waals surface area contributed by atoms with Crippen LogP contribution in [0.2, 0.25) is 0 Å². The average Bonchev–Trinajstić information content (AvgIpc) is 2.54. The van der Waals surface area contributed by atoms with Gasteiger partial charge in [-0.05, 0) is 36.2 Å². The lowest BCUT2D eigenvalue weighted by molar-refractivity contribution is 0.246. The lowest BCUT2D eigenvalue weighted by Gasteiger charge is -2.10. The van der Waals surface area contributed by atoms with Crippen LogP contribution in [0.15, 0.2) is 42.5 Å². The van der Waals surface area contributed by atoms with Crippen LogP contribution < -0.4 is 15.4 Å². The zero-order chi connectivity index (χ0) is 16.7. The molecule has 0 spiro atoms.